The number of rotatable bonds is 8. The Hall–Kier alpha value is -1.14. The molecule has 0 spiro atoms. The Balaban J connectivity index is 1.61. The quantitative estimate of drug-likeness (QED) is 0.677. The number of piperidine rings is 1. The van der Waals surface area contributed by atoms with Gasteiger partial charge in [0.15, 0.2) is 0 Å². The molecule has 2 heterocycles. The highest BCUT2D eigenvalue weighted by molar-refractivity contribution is 6.31. The lowest BCUT2D eigenvalue weighted by atomic mass is 10.0. The molecular formula is C23H37ClN4O. The van der Waals surface area contributed by atoms with Crippen LogP contribution in [-0.4, -0.2) is 66.1 Å². The van der Waals surface area contributed by atoms with Crippen LogP contribution in [0.5, 0.6) is 0 Å². The van der Waals surface area contributed by atoms with E-state index in [1.165, 1.54) is 38.9 Å². The van der Waals surface area contributed by atoms with Gasteiger partial charge in [-0.05, 0) is 70.8 Å². The Bertz CT molecular complexity index is 660. The SMILES string of the molecule is CCCN1CCC(N[C@H]2C[C@@H](C(=O)NC(C)C)N(Cc3ccccc3Cl)C2)CC1. The molecule has 2 fully saturated rings. The number of nitrogens with one attached hydrogen (secondary N) is 2. The van der Waals surface area contributed by atoms with Gasteiger partial charge in [0.25, 0.3) is 0 Å². The molecule has 0 aliphatic carbocycles. The van der Waals surface area contributed by atoms with Gasteiger partial charge in [0, 0.05) is 36.2 Å². The second-order valence-corrected chi connectivity index (χ2v) is 9.32. The number of amides is 1. The Kier molecular flexibility index (Phi) is 8.36. The monoisotopic (exact) mass is 420 g/mol. The number of likely N-dealkylation sites (tertiary alicyclic amines) is 2. The Labute approximate surface area is 181 Å². The molecular weight excluding hydrogens is 384 g/mol. The standard InChI is InChI=1S/C23H37ClN4O/c1-4-11-27-12-9-19(10-13-27)26-20-14-22(23(29)25-17(2)3)28(16-20)15-18-7-5-6-8-21(18)24/h5-8,17,19-20,22,26H,4,9-16H2,1-3H3,(H,25,29)/t20-,22-/m0/s1. The molecule has 1 aromatic rings. The third kappa shape index (κ3) is 6.42. The van der Waals surface area contributed by atoms with Crippen LogP contribution in [0.15, 0.2) is 24.3 Å². The van der Waals surface area contributed by atoms with Crippen LogP contribution in [0.4, 0.5) is 0 Å². The number of carbonyl (C=O) groups is 1. The molecule has 1 aromatic carbocycles. The lowest BCUT2D eigenvalue weighted by Crippen LogP contribution is -2.47. The highest BCUT2D eigenvalue weighted by Gasteiger charge is 2.38. The van der Waals surface area contributed by atoms with Crippen molar-refractivity contribution in [2.45, 2.75) is 77.2 Å². The molecule has 0 aromatic heterocycles. The second kappa shape index (κ2) is 10.8. The minimum Gasteiger partial charge on any atom is -0.353 e. The van der Waals surface area contributed by atoms with Crippen molar-refractivity contribution < 1.29 is 4.79 Å². The molecule has 0 saturated carbocycles. The van der Waals surface area contributed by atoms with Gasteiger partial charge in [-0.3, -0.25) is 9.69 Å². The molecule has 0 unspecified atom stereocenters. The molecule has 29 heavy (non-hydrogen) atoms. The molecule has 3 rings (SSSR count). The van der Waals surface area contributed by atoms with Crippen LogP contribution in [-0.2, 0) is 11.3 Å². The highest BCUT2D eigenvalue weighted by Crippen LogP contribution is 2.25. The van der Waals surface area contributed by atoms with Crippen molar-refractivity contribution in [3.8, 4) is 0 Å². The van der Waals surface area contributed by atoms with Gasteiger partial charge in [0.1, 0.15) is 0 Å². The fourth-order valence-corrected chi connectivity index (χ4v) is 4.87. The van der Waals surface area contributed by atoms with Gasteiger partial charge < -0.3 is 15.5 Å². The van der Waals surface area contributed by atoms with Crippen molar-refractivity contribution in [2.24, 2.45) is 0 Å². The summed E-state index contributed by atoms with van der Waals surface area (Å²) in [5, 5.41) is 7.75. The van der Waals surface area contributed by atoms with Crippen LogP contribution in [0.3, 0.4) is 0 Å². The van der Waals surface area contributed by atoms with Crippen molar-refractivity contribution in [1.29, 1.82) is 0 Å². The normalized spacial score (nSPS) is 24.3. The first-order chi connectivity index (χ1) is 14.0. The molecule has 1 amide bonds. The average molecular weight is 421 g/mol. The molecule has 0 bridgehead atoms. The minimum atomic E-state index is -0.105. The summed E-state index contributed by atoms with van der Waals surface area (Å²) in [4.78, 5) is 17.7. The van der Waals surface area contributed by atoms with Gasteiger partial charge in [-0.2, -0.15) is 0 Å². The number of carbonyl (C=O) groups excluding carboxylic acids is 1. The van der Waals surface area contributed by atoms with E-state index in [1.54, 1.807) is 0 Å². The first kappa shape index (κ1) is 22.5. The summed E-state index contributed by atoms with van der Waals surface area (Å²) < 4.78 is 0. The maximum Gasteiger partial charge on any atom is 0.237 e. The summed E-state index contributed by atoms with van der Waals surface area (Å²) in [6.45, 7) is 11.4. The fraction of sp³-hybridized carbons (Fsp3) is 0.696. The van der Waals surface area contributed by atoms with Crippen LogP contribution >= 0.6 is 11.6 Å². The van der Waals surface area contributed by atoms with E-state index in [2.05, 4.69) is 33.4 Å². The van der Waals surface area contributed by atoms with E-state index in [0.29, 0.717) is 18.6 Å². The number of hydrogen-bond acceptors (Lipinski definition) is 4. The van der Waals surface area contributed by atoms with Gasteiger partial charge in [-0.1, -0.05) is 36.7 Å². The summed E-state index contributed by atoms with van der Waals surface area (Å²) >= 11 is 6.40. The molecule has 2 atom stereocenters. The van der Waals surface area contributed by atoms with Crippen molar-refractivity contribution in [3.05, 3.63) is 34.9 Å². The van der Waals surface area contributed by atoms with E-state index >= 15 is 0 Å². The summed E-state index contributed by atoms with van der Waals surface area (Å²) in [5.41, 5.74) is 1.09. The maximum absolute atomic E-state index is 12.9. The van der Waals surface area contributed by atoms with Gasteiger partial charge in [0.2, 0.25) is 5.91 Å². The van der Waals surface area contributed by atoms with E-state index in [4.69, 9.17) is 11.6 Å². The summed E-state index contributed by atoms with van der Waals surface area (Å²) in [6.07, 6.45) is 4.48. The van der Waals surface area contributed by atoms with E-state index in [-0.39, 0.29) is 18.0 Å². The van der Waals surface area contributed by atoms with E-state index in [1.807, 2.05) is 32.0 Å². The van der Waals surface area contributed by atoms with Gasteiger partial charge in [-0.15, -0.1) is 0 Å². The van der Waals surface area contributed by atoms with E-state index in [0.717, 1.165) is 23.6 Å². The fourth-order valence-electron chi connectivity index (χ4n) is 4.67. The van der Waals surface area contributed by atoms with Crippen LogP contribution < -0.4 is 10.6 Å². The van der Waals surface area contributed by atoms with E-state index < -0.39 is 0 Å². The zero-order chi connectivity index (χ0) is 20.8. The third-order valence-corrected chi connectivity index (χ3v) is 6.44. The lowest BCUT2D eigenvalue weighted by molar-refractivity contribution is -0.126. The molecule has 2 aliphatic rings. The van der Waals surface area contributed by atoms with Gasteiger partial charge >= 0.3 is 0 Å². The highest BCUT2D eigenvalue weighted by atomic mass is 35.5. The largest absolute Gasteiger partial charge is 0.353 e. The molecule has 5 nitrogen and oxygen atoms in total. The minimum absolute atomic E-state index is 0.105. The molecule has 162 valence electrons. The molecule has 2 aliphatic heterocycles. The number of benzene rings is 1. The van der Waals surface area contributed by atoms with Crippen molar-refractivity contribution >= 4 is 17.5 Å². The second-order valence-electron chi connectivity index (χ2n) is 8.92. The summed E-state index contributed by atoms with van der Waals surface area (Å²) in [7, 11) is 0. The predicted octanol–water partition coefficient (Wildman–Crippen LogP) is 3.27. The topological polar surface area (TPSA) is 47.6 Å². The zero-order valence-corrected chi connectivity index (χ0v) is 18.9. The van der Waals surface area contributed by atoms with Crippen LogP contribution in [0.25, 0.3) is 0 Å². The predicted molar refractivity (Wildman–Crippen MR) is 120 cm³/mol. The molecule has 6 heteroatoms. The lowest BCUT2D eigenvalue weighted by Gasteiger charge is -2.33. The van der Waals surface area contributed by atoms with Gasteiger partial charge in [0.05, 0.1) is 6.04 Å². The Morgan fingerprint density at radius 1 is 1.21 bits per heavy atom. The maximum atomic E-state index is 12.9. The molecule has 2 N–H and O–H groups in total. The third-order valence-electron chi connectivity index (χ3n) is 6.07. The van der Waals surface area contributed by atoms with Crippen LogP contribution in [0, 0.1) is 0 Å². The summed E-state index contributed by atoms with van der Waals surface area (Å²) in [5.74, 6) is 0.133. The molecule has 0 radical (unpaired) electrons. The first-order valence-electron chi connectivity index (χ1n) is 11.2. The van der Waals surface area contributed by atoms with E-state index in [9.17, 15) is 4.79 Å². The zero-order valence-electron chi connectivity index (χ0n) is 18.2. The number of halogens is 1. The van der Waals surface area contributed by atoms with Crippen LogP contribution in [0.2, 0.25) is 5.02 Å². The first-order valence-corrected chi connectivity index (χ1v) is 11.6. The molecule has 2 saturated heterocycles. The van der Waals surface area contributed by atoms with Crippen molar-refractivity contribution in [2.75, 3.05) is 26.2 Å². The Morgan fingerprint density at radius 2 is 1.93 bits per heavy atom. The smallest absolute Gasteiger partial charge is 0.237 e. The van der Waals surface area contributed by atoms with Crippen molar-refractivity contribution in [1.82, 2.24) is 20.4 Å². The average Bonchev–Trinajstić information content (AvgIpc) is 3.07. The van der Waals surface area contributed by atoms with Crippen LogP contribution in [0.1, 0.15) is 52.0 Å². The van der Waals surface area contributed by atoms with Crippen molar-refractivity contribution in [3.63, 3.8) is 0 Å². The Morgan fingerprint density at radius 3 is 2.59 bits per heavy atom. The number of nitrogens with zero attached hydrogens (tertiary/aromatic N) is 2. The van der Waals surface area contributed by atoms with Gasteiger partial charge in [-0.25, -0.2) is 0 Å². The number of hydrogen-bond donors (Lipinski definition) is 2. The summed E-state index contributed by atoms with van der Waals surface area (Å²) in [6, 6.07) is 8.91.